The third kappa shape index (κ3) is 6.21. The van der Waals surface area contributed by atoms with Crippen LogP contribution in [0.5, 0.6) is 0 Å². The molecule has 46 heavy (non-hydrogen) atoms. The molecule has 1 aliphatic rings. The van der Waals surface area contributed by atoms with Crippen molar-refractivity contribution in [3.05, 3.63) is 72.6 Å². The first kappa shape index (κ1) is 29.6. The molecule has 4 N–H and O–H groups in total. The van der Waals surface area contributed by atoms with Crippen molar-refractivity contribution in [2.45, 2.75) is 38.6 Å². The molecule has 1 fully saturated rings. The number of nitrogens with zero attached hydrogens (tertiary/aromatic N) is 5. The van der Waals surface area contributed by atoms with Crippen molar-refractivity contribution in [3.8, 4) is 34.0 Å². The molecule has 7 rings (SSSR count). The number of carbonyl (C=O) groups excluding carboxylic acids is 1. The second kappa shape index (κ2) is 12.0. The number of imidazole rings is 1. The van der Waals surface area contributed by atoms with Gasteiger partial charge in [0.2, 0.25) is 15.9 Å². The van der Waals surface area contributed by atoms with Gasteiger partial charge in [-0.2, -0.15) is 5.10 Å². The molecule has 0 radical (unpaired) electrons. The van der Waals surface area contributed by atoms with Crippen LogP contribution in [0.3, 0.4) is 0 Å². The van der Waals surface area contributed by atoms with E-state index in [2.05, 4.69) is 40.2 Å². The molecule has 0 bridgehead atoms. The standard InChI is InChI=1S/C32H30FN9O3S/c1-46(44,45)37-14-18-9-20(11-22(33)10-18)28-30-25(7-8-35-28)39-31(40-30)29-24-13-26(36-17-27(24)41-42-29)21-12-23(16-34-15-21)38-32(43)19-5-3-2-4-6-19/h7-13,15-17,19,37H,2-6,14H2,1H3,(H,38,43)(H,39,40)(H,41,42). The van der Waals surface area contributed by atoms with Crippen LogP contribution in [-0.4, -0.2) is 55.7 Å². The van der Waals surface area contributed by atoms with Gasteiger partial charge in [-0.1, -0.05) is 19.3 Å². The monoisotopic (exact) mass is 639 g/mol. The van der Waals surface area contributed by atoms with Gasteiger partial charge in [0.05, 0.1) is 46.8 Å². The maximum absolute atomic E-state index is 14.6. The van der Waals surface area contributed by atoms with E-state index in [0.717, 1.165) is 42.9 Å². The molecule has 0 spiro atoms. The highest BCUT2D eigenvalue weighted by Crippen LogP contribution is 2.33. The minimum Gasteiger partial charge on any atom is -0.336 e. The first-order valence-electron chi connectivity index (χ1n) is 14.9. The number of rotatable bonds is 8. The zero-order valence-corrected chi connectivity index (χ0v) is 25.7. The summed E-state index contributed by atoms with van der Waals surface area (Å²) in [5, 5.41) is 11.3. The van der Waals surface area contributed by atoms with E-state index in [9.17, 15) is 17.6 Å². The number of sulfonamides is 1. The Balaban J connectivity index is 1.21. The molecule has 1 aromatic carbocycles. The van der Waals surface area contributed by atoms with Crippen molar-refractivity contribution in [1.29, 1.82) is 0 Å². The SMILES string of the molecule is CS(=O)(=O)NCc1cc(F)cc(-c2nccc3[nH]c(-c4n[nH]c5cnc(-c6cncc(NC(=O)C7CCCCC7)c6)cc45)nc23)c1. The third-order valence-corrected chi connectivity index (χ3v) is 8.79. The Hall–Kier alpha value is -5.08. The van der Waals surface area contributed by atoms with Crippen molar-refractivity contribution >= 4 is 43.6 Å². The lowest BCUT2D eigenvalue weighted by Gasteiger charge is -2.20. The van der Waals surface area contributed by atoms with Crippen LogP contribution in [0.2, 0.25) is 0 Å². The number of halogens is 1. The number of anilines is 1. The van der Waals surface area contributed by atoms with E-state index in [-0.39, 0.29) is 18.4 Å². The van der Waals surface area contributed by atoms with Crippen molar-refractivity contribution in [3.63, 3.8) is 0 Å². The number of amides is 1. The van der Waals surface area contributed by atoms with E-state index in [0.29, 0.717) is 56.3 Å². The first-order chi connectivity index (χ1) is 22.2. The van der Waals surface area contributed by atoms with Gasteiger partial charge in [-0.15, -0.1) is 0 Å². The van der Waals surface area contributed by atoms with Gasteiger partial charge in [0.25, 0.3) is 0 Å². The largest absolute Gasteiger partial charge is 0.336 e. The molecule has 1 aliphatic carbocycles. The van der Waals surface area contributed by atoms with Gasteiger partial charge < -0.3 is 10.3 Å². The van der Waals surface area contributed by atoms with Crippen LogP contribution in [0.4, 0.5) is 10.1 Å². The average Bonchev–Trinajstić information content (AvgIpc) is 3.68. The Kier molecular flexibility index (Phi) is 7.74. The first-order valence-corrected chi connectivity index (χ1v) is 16.8. The summed E-state index contributed by atoms with van der Waals surface area (Å²) in [5.41, 5.74) is 5.73. The number of hydrogen-bond donors (Lipinski definition) is 4. The summed E-state index contributed by atoms with van der Waals surface area (Å²) in [7, 11) is -3.46. The van der Waals surface area contributed by atoms with Crippen LogP contribution in [0.1, 0.15) is 37.7 Å². The number of carbonyl (C=O) groups is 1. The fourth-order valence-electron chi connectivity index (χ4n) is 5.87. The van der Waals surface area contributed by atoms with Gasteiger partial charge in [-0.25, -0.2) is 22.5 Å². The Morgan fingerprint density at radius 1 is 0.978 bits per heavy atom. The third-order valence-electron chi connectivity index (χ3n) is 8.12. The van der Waals surface area contributed by atoms with Gasteiger partial charge in [-0.3, -0.25) is 24.8 Å². The number of hydrogen-bond acceptors (Lipinski definition) is 8. The second-order valence-electron chi connectivity index (χ2n) is 11.6. The number of nitrogens with one attached hydrogen (secondary N) is 4. The highest BCUT2D eigenvalue weighted by atomic mass is 32.2. The molecule has 1 saturated carbocycles. The zero-order chi connectivity index (χ0) is 31.8. The van der Waals surface area contributed by atoms with Crippen LogP contribution in [0.15, 0.2) is 61.2 Å². The number of benzene rings is 1. The van der Waals surface area contributed by atoms with E-state index >= 15 is 0 Å². The predicted octanol–water partition coefficient (Wildman–Crippen LogP) is 5.33. The number of H-pyrrole nitrogens is 2. The maximum atomic E-state index is 14.6. The topological polar surface area (TPSA) is 171 Å². The molecule has 12 nitrogen and oxygen atoms in total. The normalized spacial score (nSPS) is 14.2. The van der Waals surface area contributed by atoms with Gasteiger partial charge in [-0.05, 0) is 54.8 Å². The molecule has 0 unspecified atom stereocenters. The number of fused-ring (bicyclic) bond motifs is 2. The number of pyridine rings is 3. The summed E-state index contributed by atoms with van der Waals surface area (Å²) < 4.78 is 40.1. The fourth-order valence-corrected chi connectivity index (χ4v) is 6.30. The van der Waals surface area contributed by atoms with Gasteiger partial charge in [0, 0.05) is 41.4 Å². The molecule has 0 aliphatic heterocycles. The summed E-state index contributed by atoms with van der Waals surface area (Å²) in [6.45, 7) is -0.0632. The van der Waals surface area contributed by atoms with Crippen molar-refractivity contribution < 1.29 is 17.6 Å². The van der Waals surface area contributed by atoms with E-state index in [1.54, 1.807) is 36.9 Å². The lowest BCUT2D eigenvalue weighted by atomic mass is 9.88. The highest BCUT2D eigenvalue weighted by molar-refractivity contribution is 7.88. The number of aromatic amines is 2. The maximum Gasteiger partial charge on any atom is 0.227 e. The summed E-state index contributed by atoms with van der Waals surface area (Å²) >= 11 is 0. The Labute approximate surface area is 263 Å². The number of aromatic nitrogens is 7. The van der Waals surface area contributed by atoms with Gasteiger partial charge in [0.1, 0.15) is 17.0 Å². The highest BCUT2D eigenvalue weighted by Gasteiger charge is 2.22. The molecule has 1 amide bonds. The van der Waals surface area contributed by atoms with Gasteiger partial charge in [0.15, 0.2) is 5.82 Å². The average molecular weight is 640 g/mol. The summed E-state index contributed by atoms with van der Waals surface area (Å²) in [5.74, 6) is -0.00449. The van der Waals surface area contributed by atoms with Crippen LogP contribution in [0, 0.1) is 11.7 Å². The molecule has 234 valence electrons. The Morgan fingerprint density at radius 2 is 1.83 bits per heavy atom. The van der Waals surface area contributed by atoms with Gasteiger partial charge >= 0.3 is 0 Å². The van der Waals surface area contributed by atoms with E-state index in [1.807, 2.05) is 12.1 Å². The Morgan fingerprint density at radius 3 is 2.65 bits per heavy atom. The molecule has 5 aromatic heterocycles. The van der Waals surface area contributed by atoms with E-state index < -0.39 is 15.8 Å². The van der Waals surface area contributed by atoms with Crippen LogP contribution in [0.25, 0.3) is 56.0 Å². The van der Waals surface area contributed by atoms with Crippen molar-refractivity contribution in [2.75, 3.05) is 11.6 Å². The lowest BCUT2D eigenvalue weighted by molar-refractivity contribution is -0.120. The van der Waals surface area contributed by atoms with Crippen molar-refractivity contribution in [1.82, 2.24) is 39.8 Å². The fraction of sp³-hybridized carbons (Fsp3) is 0.250. The van der Waals surface area contributed by atoms with Crippen LogP contribution in [-0.2, 0) is 21.4 Å². The minimum absolute atomic E-state index is 0.0259. The van der Waals surface area contributed by atoms with E-state index in [4.69, 9.17) is 4.98 Å². The summed E-state index contributed by atoms with van der Waals surface area (Å²) in [6.07, 6.45) is 12.8. The lowest BCUT2D eigenvalue weighted by Crippen LogP contribution is -2.24. The second-order valence-corrected chi connectivity index (χ2v) is 13.4. The molecule has 5 heterocycles. The zero-order valence-electron chi connectivity index (χ0n) is 24.8. The molecule has 0 atom stereocenters. The van der Waals surface area contributed by atoms with Crippen molar-refractivity contribution in [2.24, 2.45) is 5.92 Å². The molecule has 14 heteroatoms. The quantitative estimate of drug-likeness (QED) is 0.173. The molecular weight excluding hydrogens is 609 g/mol. The summed E-state index contributed by atoms with van der Waals surface area (Å²) in [4.78, 5) is 34.3. The van der Waals surface area contributed by atoms with Crippen LogP contribution >= 0.6 is 0 Å². The predicted molar refractivity (Wildman–Crippen MR) is 172 cm³/mol. The smallest absolute Gasteiger partial charge is 0.227 e. The minimum atomic E-state index is -3.46. The summed E-state index contributed by atoms with van der Waals surface area (Å²) in [6, 6.07) is 9.80. The Bertz CT molecular complexity index is 2210. The van der Waals surface area contributed by atoms with E-state index in [1.165, 1.54) is 18.6 Å². The molecule has 0 saturated heterocycles. The van der Waals surface area contributed by atoms with Crippen LogP contribution < -0.4 is 10.0 Å². The molecule has 6 aromatic rings. The molecular formula is C32H30FN9O3S.